The van der Waals surface area contributed by atoms with E-state index >= 15 is 0 Å². The van der Waals surface area contributed by atoms with Gasteiger partial charge in [0, 0.05) is 94.1 Å². The topological polar surface area (TPSA) is 325 Å². The number of hydrogen-bond donors (Lipinski definition) is 13. The van der Waals surface area contributed by atoms with Crippen LogP contribution in [0.4, 0.5) is 0 Å². The molecule has 4 aromatic carbocycles. The number of hydrogen-bond acceptors (Lipinski definition) is 9. The zero-order chi connectivity index (χ0) is 57.5. The third kappa shape index (κ3) is 13.1. The number of aromatic amines is 4. The summed E-state index contributed by atoms with van der Waals surface area (Å²) >= 11 is 0. The minimum atomic E-state index is -1.34. The first kappa shape index (κ1) is 56.0. The van der Waals surface area contributed by atoms with Crippen molar-refractivity contribution in [2.24, 2.45) is 0 Å². The molecule has 0 bridgehead atoms. The van der Waals surface area contributed by atoms with Crippen LogP contribution in [0.1, 0.15) is 56.9 Å². The van der Waals surface area contributed by atoms with Crippen molar-refractivity contribution >= 4 is 96.8 Å². The van der Waals surface area contributed by atoms with Gasteiger partial charge >= 0.3 is 0 Å². The van der Waals surface area contributed by atoms with Crippen LogP contribution in [-0.2, 0) is 68.8 Å². The summed E-state index contributed by atoms with van der Waals surface area (Å²) in [6.45, 7) is 7.01. The fourth-order valence-corrected chi connectivity index (χ4v) is 10.0. The van der Waals surface area contributed by atoms with Crippen LogP contribution in [0.15, 0.2) is 122 Å². The summed E-state index contributed by atoms with van der Waals surface area (Å²) in [5.41, 5.74) is 5.71. The molecule has 1 aliphatic heterocycles. The monoisotopic (exact) mass is 1100 g/mol. The number of carbonyl (C=O) groups excluding carboxylic acids is 9. The highest BCUT2D eigenvalue weighted by molar-refractivity contribution is 6.00. The number of fused-ring (bicyclic) bond motifs is 4. The maximum Gasteiger partial charge on any atom is 0.243 e. The lowest BCUT2D eigenvalue weighted by atomic mass is 10.0. The number of aromatic nitrogens is 4. The third-order valence-electron chi connectivity index (χ3n) is 14.7. The summed E-state index contributed by atoms with van der Waals surface area (Å²) < 4.78 is 0. The van der Waals surface area contributed by atoms with Gasteiger partial charge in [-0.3, -0.25) is 43.2 Å². The van der Waals surface area contributed by atoms with Gasteiger partial charge in [-0.15, -0.1) is 0 Å². The van der Waals surface area contributed by atoms with Crippen molar-refractivity contribution in [3.05, 3.63) is 144 Å². The highest BCUT2D eigenvalue weighted by Gasteiger charge is 2.35. The van der Waals surface area contributed by atoms with Crippen molar-refractivity contribution in [3.63, 3.8) is 0 Å². The van der Waals surface area contributed by atoms with Gasteiger partial charge < -0.3 is 67.8 Å². The number of benzene rings is 4. The van der Waals surface area contributed by atoms with Crippen molar-refractivity contribution in [2.75, 3.05) is 0 Å². The van der Waals surface area contributed by atoms with Crippen LogP contribution in [0.25, 0.3) is 43.6 Å². The molecule has 0 spiro atoms. The maximum atomic E-state index is 14.7. The van der Waals surface area contributed by atoms with Gasteiger partial charge in [0.1, 0.15) is 54.4 Å². The van der Waals surface area contributed by atoms with Crippen LogP contribution in [0, 0.1) is 0 Å². The maximum absolute atomic E-state index is 14.7. The number of H-pyrrole nitrogens is 4. The molecule has 5 heterocycles. The van der Waals surface area contributed by atoms with Crippen LogP contribution in [0.3, 0.4) is 0 Å². The Bertz CT molecular complexity index is 3540. The van der Waals surface area contributed by atoms with Gasteiger partial charge in [0.05, 0.1) is 0 Å². The van der Waals surface area contributed by atoms with Crippen LogP contribution >= 0.6 is 0 Å². The fourth-order valence-electron chi connectivity index (χ4n) is 10.0. The Balaban J connectivity index is 1.03. The number of amides is 9. The van der Waals surface area contributed by atoms with E-state index in [0.29, 0.717) is 22.3 Å². The summed E-state index contributed by atoms with van der Waals surface area (Å²) in [7, 11) is 0. The highest BCUT2D eigenvalue weighted by Crippen LogP contribution is 2.24. The van der Waals surface area contributed by atoms with Gasteiger partial charge in [-0.1, -0.05) is 72.8 Å². The Morgan fingerprint density at radius 1 is 0.259 bits per heavy atom. The second-order valence-electron chi connectivity index (χ2n) is 20.7. The molecule has 1 fully saturated rings. The normalized spacial score (nSPS) is 23.8. The van der Waals surface area contributed by atoms with E-state index in [1.165, 1.54) is 34.6 Å². The Morgan fingerprint density at radius 3 is 0.691 bits per heavy atom. The Kier molecular flexibility index (Phi) is 17.0. The molecule has 81 heavy (non-hydrogen) atoms. The van der Waals surface area contributed by atoms with Crippen molar-refractivity contribution < 1.29 is 43.2 Å². The molecule has 0 radical (unpaired) electrons. The lowest BCUT2D eigenvalue weighted by molar-refractivity contribution is -0.135. The van der Waals surface area contributed by atoms with Crippen LogP contribution in [-0.4, -0.2) is 127 Å². The number of carbonyl (C=O) groups is 9. The van der Waals surface area contributed by atoms with Gasteiger partial charge in [0.2, 0.25) is 53.2 Å². The molecule has 4 aromatic heterocycles. The molecule has 9 atom stereocenters. The summed E-state index contributed by atoms with van der Waals surface area (Å²) in [4.78, 5) is 141. The van der Waals surface area contributed by atoms with Gasteiger partial charge in [-0.2, -0.15) is 0 Å². The summed E-state index contributed by atoms with van der Waals surface area (Å²) in [6.07, 6.45) is 6.57. The van der Waals surface area contributed by atoms with Gasteiger partial charge in [-0.25, -0.2) is 0 Å². The van der Waals surface area contributed by atoms with Crippen molar-refractivity contribution in [1.82, 2.24) is 67.8 Å². The zero-order valence-electron chi connectivity index (χ0n) is 45.2. The zero-order valence-corrected chi connectivity index (χ0v) is 45.2. The minimum absolute atomic E-state index is 0.0646. The highest BCUT2D eigenvalue weighted by atomic mass is 16.2. The molecule has 22 heteroatoms. The molecule has 0 saturated carbocycles. The van der Waals surface area contributed by atoms with Crippen molar-refractivity contribution in [1.29, 1.82) is 0 Å². The molecule has 420 valence electrons. The Morgan fingerprint density at radius 2 is 0.444 bits per heavy atom. The SMILES string of the molecule is C[C@@H]1NC(=O)[C@@H](C)NC(=O)[C@H](Cc2c[nH]c3ccccc23)NC(=O)[C@H](Cc2c[nH]c3ccccc23)NC(=O)[C@@H](C)NC(=O)[C@H](C)NC(=O)[C@@H](Cc2c[nH]c3ccccc23)NC(=O)[C@H](Cc2c[nH]c3ccccc23)NC(=O)[C@@H](C)NC1=O. The van der Waals surface area contributed by atoms with Crippen LogP contribution in [0.5, 0.6) is 0 Å². The quantitative estimate of drug-likeness (QED) is 0.106. The fraction of sp³-hybridized carbons (Fsp3) is 0.305. The van der Waals surface area contributed by atoms with Crippen LogP contribution in [0.2, 0.25) is 0 Å². The molecular weight excluding hydrogens is 1030 g/mol. The average molecular weight is 1100 g/mol. The van der Waals surface area contributed by atoms with E-state index in [-0.39, 0.29) is 25.7 Å². The van der Waals surface area contributed by atoms with Gasteiger partial charge in [0.25, 0.3) is 0 Å². The molecular formula is C59H65N13O9. The first-order chi connectivity index (χ1) is 38.9. The summed E-state index contributed by atoms with van der Waals surface area (Å²) in [5, 5.41) is 27.5. The number of nitrogens with one attached hydrogen (secondary N) is 13. The van der Waals surface area contributed by atoms with E-state index < -0.39 is 108 Å². The second-order valence-corrected chi connectivity index (χ2v) is 20.7. The van der Waals surface area contributed by atoms with Crippen molar-refractivity contribution in [3.8, 4) is 0 Å². The van der Waals surface area contributed by atoms with Gasteiger partial charge in [0.15, 0.2) is 0 Å². The van der Waals surface area contributed by atoms with E-state index in [1.54, 1.807) is 24.8 Å². The molecule has 1 saturated heterocycles. The summed E-state index contributed by atoms with van der Waals surface area (Å²) in [5.74, 6) is -6.92. The average Bonchev–Trinajstić information content (AvgIpc) is 4.45. The predicted molar refractivity (Wildman–Crippen MR) is 304 cm³/mol. The smallest absolute Gasteiger partial charge is 0.243 e. The van der Waals surface area contributed by atoms with E-state index in [0.717, 1.165) is 43.6 Å². The van der Waals surface area contributed by atoms with Gasteiger partial charge in [-0.05, 0) is 81.1 Å². The lowest BCUT2D eigenvalue weighted by Gasteiger charge is -2.26. The minimum Gasteiger partial charge on any atom is -0.361 e. The van der Waals surface area contributed by atoms with Crippen molar-refractivity contribution in [2.45, 2.75) is 115 Å². The van der Waals surface area contributed by atoms with Crippen LogP contribution < -0.4 is 47.9 Å². The third-order valence-corrected chi connectivity index (χ3v) is 14.7. The number of para-hydroxylation sites is 4. The second kappa shape index (κ2) is 24.5. The van der Waals surface area contributed by atoms with E-state index in [1.807, 2.05) is 97.1 Å². The first-order valence-electron chi connectivity index (χ1n) is 26.8. The molecule has 9 amide bonds. The number of rotatable bonds is 8. The molecule has 0 aliphatic carbocycles. The first-order valence-corrected chi connectivity index (χ1v) is 26.8. The Hall–Kier alpha value is -9.73. The molecule has 1 aliphatic rings. The van der Waals surface area contributed by atoms with E-state index in [4.69, 9.17) is 0 Å². The van der Waals surface area contributed by atoms with E-state index in [2.05, 4.69) is 67.8 Å². The molecule has 9 rings (SSSR count). The Labute approximate surface area is 464 Å². The predicted octanol–water partition coefficient (Wildman–Crippen LogP) is 2.36. The molecule has 22 nitrogen and oxygen atoms in total. The van der Waals surface area contributed by atoms with E-state index in [9.17, 15) is 43.2 Å². The molecule has 0 unspecified atom stereocenters. The molecule has 13 N–H and O–H groups in total. The lowest BCUT2D eigenvalue weighted by Crippen LogP contribution is -2.60. The standard InChI is InChI=1S/C59H65N13O9/c1-30-51(73)65-33(4)54(76)69-49(24-37-28-62-45-20-12-8-16-41(37)45)58(80)72-48(23-36-27-61-44-19-11-7-15-40(36)44)57(79)68-32(3)53(75)66-34(5)55(77)70-50(25-38-29-63-46-21-13-9-17-42(38)46)59(81)71-47(56(78)67-31(2)52(74)64-30)22-35-26-60-43-18-10-6-14-39(35)43/h6-21,26-34,47-50,60-63H,22-25H2,1-5H3,(H,64,74)(H,65,73)(H,66,75)(H,67,78)(H,68,79)(H,69,76)(H,70,77)(H,71,81)(H,72,80)/t30-,31+,32-,33+,34+,47-,48+,49-,50-/m0/s1. The largest absolute Gasteiger partial charge is 0.361 e. The molecule has 8 aromatic rings. The summed E-state index contributed by atoms with van der Waals surface area (Å²) in [6, 6.07) is 17.8.